The van der Waals surface area contributed by atoms with E-state index in [0.717, 1.165) is 0 Å². The summed E-state index contributed by atoms with van der Waals surface area (Å²) in [5.74, 6) is 0.879. The van der Waals surface area contributed by atoms with Gasteiger partial charge in [-0.3, -0.25) is 0 Å². The van der Waals surface area contributed by atoms with Gasteiger partial charge in [-0.05, 0) is 35.9 Å². The van der Waals surface area contributed by atoms with Gasteiger partial charge >= 0.3 is 5.97 Å². The molecule has 0 aliphatic carbocycles. The number of ether oxygens (including phenoxy) is 3. The fourth-order valence-corrected chi connectivity index (χ4v) is 2.45. The summed E-state index contributed by atoms with van der Waals surface area (Å²) in [5, 5.41) is 0.466. The van der Waals surface area contributed by atoms with Crippen molar-refractivity contribution in [2.75, 3.05) is 14.2 Å². The molecule has 1 aliphatic heterocycles. The second-order valence-electron chi connectivity index (χ2n) is 4.96. The first kappa shape index (κ1) is 16.1. The fourth-order valence-electron chi connectivity index (χ4n) is 2.23. The summed E-state index contributed by atoms with van der Waals surface area (Å²) in [6.45, 7) is 0. The van der Waals surface area contributed by atoms with Gasteiger partial charge in [-0.15, -0.1) is 0 Å². The van der Waals surface area contributed by atoms with Gasteiger partial charge in [0, 0.05) is 6.07 Å². The Labute approximate surface area is 144 Å². The molecule has 6 heteroatoms. The minimum atomic E-state index is -0.535. The Morgan fingerprint density at radius 2 is 1.75 bits per heavy atom. The first-order chi connectivity index (χ1) is 11.6. The van der Waals surface area contributed by atoms with Gasteiger partial charge < -0.3 is 14.2 Å². The zero-order valence-corrected chi connectivity index (χ0v) is 13.8. The minimum absolute atomic E-state index is 0.181. The van der Waals surface area contributed by atoms with E-state index < -0.39 is 5.97 Å². The summed E-state index contributed by atoms with van der Waals surface area (Å²) < 4.78 is 15.7. The minimum Gasteiger partial charge on any atom is -0.497 e. The Balaban J connectivity index is 1.99. The SMILES string of the molecule is COc1cc(/C=C2\N=C(c3ccccc3Cl)OC2=O)cc(OC)c1. The number of methoxy groups -OCH3 is 2. The standard InChI is InChI=1S/C18H14ClNO4/c1-22-12-7-11(8-13(10-12)23-2)9-16-18(21)24-17(20-16)14-5-3-4-6-15(14)19/h3-10H,1-2H3/b16-9-. The lowest BCUT2D eigenvalue weighted by Gasteiger charge is -2.05. The lowest BCUT2D eigenvalue weighted by molar-refractivity contribution is -0.129. The third kappa shape index (κ3) is 3.26. The smallest absolute Gasteiger partial charge is 0.363 e. The molecule has 0 fully saturated rings. The Morgan fingerprint density at radius 1 is 1.08 bits per heavy atom. The van der Waals surface area contributed by atoms with Crippen LogP contribution < -0.4 is 9.47 Å². The number of carbonyl (C=O) groups excluding carboxylic acids is 1. The van der Waals surface area contributed by atoms with Crippen molar-refractivity contribution >= 4 is 29.5 Å². The molecule has 0 aromatic heterocycles. The number of hydrogen-bond acceptors (Lipinski definition) is 5. The summed E-state index contributed by atoms with van der Waals surface area (Å²) in [6, 6.07) is 12.3. The Hall–Kier alpha value is -2.79. The van der Waals surface area contributed by atoms with Crippen LogP contribution >= 0.6 is 11.6 Å². The molecule has 0 atom stereocenters. The highest BCUT2D eigenvalue weighted by Crippen LogP contribution is 2.27. The molecule has 0 radical (unpaired) electrons. The van der Waals surface area contributed by atoms with Gasteiger partial charge in [-0.2, -0.15) is 0 Å². The molecule has 0 saturated heterocycles. The molecule has 122 valence electrons. The van der Waals surface area contributed by atoms with Crippen molar-refractivity contribution in [3.05, 3.63) is 64.3 Å². The first-order valence-electron chi connectivity index (χ1n) is 7.11. The van der Waals surface area contributed by atoms with Crippen LogP contribution in [0, 0.1) is 0 Å². The van der Waals surface area contributed by atoms with Crippen molar-refractivity contribution in [3.8, 4) is 11.5 Å². The number of halogens is 1. The molecule has 0 spiro atoms. The molecule has 0 saturated carbocycles. The van der Waals surface area contributed by atoms with Crippen molar-refractivity contribution in [3.63, 3.8) is 0 Å². The second-order valence-corrected chi connectivity index (χ2v) is 5.37. The monoisotopic (exact) mass is 343 g/mol. The van der Waals surface area contributed by atoms with E-state index in [0.29, 0.717) is 27.6 Å². The summed E-state index contributed by atoms with van der Waals surface area (Å²) >= 11 is 6.11. The van der Waals surface area contributed by atoms with E-state index in [1.54, 1.807) is 62.8 Å². The van der Waals surface area contributed by atoms with Gasteiger partial charge in [-0.25, -0.2) is 9.79 Å². The van der Waals surface area contributed by atoms with Gasteiger partial charge in [0.25, 0.3) is 0 Å². The summed E-state index contributed by atoms with van der Waals surface area (Å²) in [7, 11) is 3.12. The number of cyclic esters (lactones) is 1. The molecule has 0 amide bonds. The van der Waals surface area contributed by atoms with E-state index >= 15 is 0 Å². The fraction of sp³-hybridized carbons (Fsp3) is 0.111. The van der Waals surface area contributed by atoms with Gasteiger partial charge in [0.1, 0.15) is 11.5 Å². The molecular formula is C18H14ClNO4. The summed E-state index contributed by atoms with van der Waals surface area (Å²) in [5.41, 5.74) is 1.46. The van der Waals surface area contributed by atoms with Crippen molar-refractivity contribution in [1.82, 2.24) is 0 Å². The molecule has 2 aromatic rings. The van der Waals surface area contributed by atoms with E-state index in [9.17, 15) is 4.79 Å². The third-order valence-electron chi connectivity index (χ3n) is 3.40. The maximum absolute atomic E-state index is 12.1. The number of nitrogens with zero attached hydrogens (tertiary/aromatic N) is 1. The molecule has 2 aromatic carbocycles. The predicted octanol–water partition coefficient (Wildman–Crippen LogP) is 3.70. The van der Waals surface area contributed by atoms with Crippen LogP contribution in [0.4, 0.5) is 0 Å². The average Bonchev–Trinajstić information content (AvgIpc) is 2.95. The Morgan fingerprint density at radius 3 is 2.38 bits per heavy atom. The number of rotatable bonds is 4. The summed E-state index contributed by atoms with van der Waals surface area (Å²) in [4.78, 5) is 16.3. The number of hydrogen-bond donors (Lipinski definition) is 0. The predicted molar refractivity (Wildman–Crippen MR) is 91.6 cm³/mol. The van der Waals surface area contributed by atoms with Crippen LogP contribution in [0.15, 0.2) is 53.2 Å². The number of carbonyl (C=O) groups is 1. The molecule has 24 heavy (non-hydrogen) atoms. The van der Waals surface area contributed by atoms with E-state index in [2.05, 4.69) is 4.99 Å². The summed E-state index contributed by atoms with van der Waals surface area (Å²) in [6.07, 6.45) is 1.61. The van der Waals surface area contributed by atoms with Gasteiger partial charge in [0.2, 0.25) is 5.90 Å². The van der Waals surface area contributed by atoms with Crippen molar-refractivity contribution < 1.29 is 19.0 Å². The highest BCUT2D eigenvalue weighted by atomic mass is 35.5. The molecule has 1 aliphatic rings. The van der Waals surface area contributed by atoms with Crippen LogP contribution in [-0.2, 0) is 9.53 Å². The molecule has 3 rings (SSSR count). The van der Waals surface area contributed by atoms with Gasteiger partial charge in [-0.1, -0.05) is 23.7 Å². The topological polar surface area (TPSA) is 57.1 Å². The maximum atomic E-state index is 12.1. The van der Waals surface area contributed by atoms with Crippen LogP contribution in [0.25, 0.3) is 6.08 Å². The van der Waals surface area contributed by atoms with E-state index in [-0.39, 0.29) is 11.6 Å². The van der Waals surface area contributed by atoms with Crippen LogP contribution in [0.3, 0.4) is 0 Å². The molecule has 0 bridgehead atoms. The van der Waals surface area contributed by atoms with E-state index in [1.807, 2.05) is 0 Å². The molecule has 0 N–H and O–H groups in total. The highest BCUT2D eigenvalue weighted by molar-refractivity contribution is 6.34. The molecule has 1 heterocycles. The Bertz CT molecular complexity index is 836. The van der Waals surface area contributed by atoms with Crippen LogP contribution in [0.2, 0.25) is 5.02 Å². The zero-order chi connectivity index (χ0) is 17.1. The van der Waals surface area contributed by atoms with E-state index in [4.69, 9.17) is 25.8 Å². The highest BCUT2D eigenvalue weighted by Gasteiger charge is 2.25. The van der Waals surface area contributed by atoms with Crippen molar-refractivity contribution in [1.29, 1.82) is 0 Å². The number of esters is 1. The lowest BCUT2D eigenvalue weighted by atomic mass is 10.1. The first-order valence-corrected chi connectivity index (χ1v) is 7.49. The third-order valence-corrected chi connectivity index (χ3v) is 3.73. The second kappa shape index (κ2) is 6.76. The normalized spacial score (nSPS) is 15.2. The Kier molecular flexibility index (Phi) is 4.53. The van der Waals surface area contributed by atoms with Crippen LogP contribution in [-0.4, -0.2) is 26.1 Å². The molecule has 5 nitrogen and oxygen atoms in total. The molecule has 0 unspecified atom stereocenters. The van der Waals surface area contributed by atoms with Gasteiger partial charge in [0.15, 0.2) is 5.70 Å². The number of aliphatic imine (C=N–C) groups is 1. The zero-order valence-electron chi connectivity index (χ0n) is 13.1. The van der Waals surface area contributed by atoms with E-state index in [1.165, 1.54) is 0 Å². The quantitative estimate of drug-likeness (QED) is 0.627. The van der Waals surface area contributed by atoms with Gasteiger partial charge in [0.05, 0.1) is 24.8 Å². The molecular weight excluding hydrogens is 330 g/mol. The van der Waals surface area contributed by atoms with Crippen molar-refractivity contribution in [2.24, 2.45) is 4.99 Å². The van der Waals surface area contributed by atoms with Crippen molar-refractivity contribution in [2.45, 2.75) is 0 Å². The average molecular weight is 344 g/mol. The lowest BCUT2D eigenvalue weighted by Crippen LogP contribution is -2.05. The van der Waals surface area contributed by atoms with Crippen LogP contribution in [0.5, 0.6) is 11.5 Å². The maximum Gasteiger partial charge on any atom is 0.363 e. The largest absolute Gasteiger partial charge is 0.497 e. The number of benzene rings is 2. The van der Waals surface area contributed by atoms with Crippen LogP contribution in [0.1, 0.15) is 11.1 Å².